The number of fused-ring (bicyclic) bond motifs is 1. The molecule has 32 heavy (non-hydrogen) atoms. The molecular weight excluding hydrogens is 420 g/mol. The molecule has 0 aliphatic carbocycles. The third-order valence-electron chi connectivity index (χ3n) is 4.45. The van der Waals surface area contributed by atoms with E-state index in [1.807, 2.05) is 0 Å². The van der Waals surface area contributed by atoms with Gasteiger partial charge in [-0.3, -0.25) is 4.79 Å². The molecule has 0 aliphatic rings. The topological polar surface area (TPSA) is 90.6 Å². The fraction of sp³-hybridized carbons (Fsp3) is 0.182. The number of nitrogens with zero attached hydrogens (tertiary/aromatic N) is 4. The summed E-state index contributed by atoms with van der Waals surface area (Å²) in [6.45, 7) is 1.92. The van der Waals surface area contributed by atoms with Gasteiger partial charge in [0.25, 0.3) is 5.91 Å². The summed E-state index contributed by atoms with van der Waals surface area (Å²) < 4.78 is 39.2. The van der Waals surface area contributed by atoms with Gasteiger partial charge in [-0.1, -0.05) is 18.2 Å². The Hall–Kier alpha value is -4.08. The second-order valence-corrected chi connectivity index (χ2v) is 6.83. The maximum atomic E-state index is 13.5. The molecule has 10 heteroatoms. The summed E-state index contributed by atoms with van der Waals surface area (Å²) in [4.78, 5) is 12.2. The monoisotopic (exact) mass is 439 g/mol. The minimum atomic E-state index is -0.808. The molecule has 0 bridgehead atoms. The molecule has 2 heterocycles. The first-order valence-electron chi connectivity index (χ1n) is 9.81. The highest BCUT2D eigenvalue weighted by atomic mass is 19.1. The van der Waals surface area contributed by atoms with E-state index in [0.717, 1.165) is 0 Å². The van der Waals surface area contributed by atoms with Crippen LogP contribution in [0.25, 0.3) is 17.0 Å². The lowest BCUT2D eigenvalue weighted by atomic mass is 10.2. The number of hydrogen-bond acceptors (Lipinski definition) is 6. The number of nitrogens with one attached hydrogen (secondary N) is 1. The Morgan fingerprint density at radius 3 is 2.62 bits per heavy atom. The van der Waals surface area contributed by atoms with Gasteiger partial charge in [0, 0.05) is 17.7 Å². The van der Waals surface area contributed by atoms with Gasteiger partial charge in [-0.25, -0.2) is 8.78 Å². The van der Waals surface area contributed by atoms with Crippen LogP contribution in [0.2, 0.25) is 0 Å². The molecule has 0 spiro atoms. The highest BCUT2D eigenvalue weighted by molar-refractivity contribution is 5.80. The summed E-state index contributed by atoms with van der Waals surface area (Å²) in [5.74, 6) is -0.271. The molecule has 4 rings (SSSR count). The number of benzene rings is 2. The molecular formula is C22H19F2N5O3. The van der Waals surface area contributed by atoms with Crippen molar-refractivity contribution in [1.29, 1.82) is 0 Å². The molecule has 1 unspecified atom stereocenters. The molecule has 164 valence electrons. The van der Waals surface area contributed by atoms with E-state index in [-0.39, 0.29) is 30.7 Å². The Morgan fingerprint density at radius 1 is 1.06 bits per heavy atom. The minimum absolute atomic E-state index is 0.147. The zero-order valence-corrected chi connectivity index (χ0v) is 17.0. The predicted molar refractivity (Wildman–Crippen MR) is 111 cm³/mol. The molecule has 4 aromatic rings. The minimum Gasteiger partial charge on any atom is -0.481 e. The fourth-order valence-corrected chi connectivity index (χ4v) is 2.93. The first kappa shape index (κ1) is 21.2. The molecule has 0 saturated heterocycles. The lowest BCUT2D eigenvalue weighted by Crippen LogP contribution is -2.38. The summed E-state index contributed by atoms with van der Waals surface area (Å²) in [7, 11) is 0. The van der Waals surface area contributed by atoms with Crippen LogP contribution in [-0.2, 0) is 4.79 Å². The van der Waals surface area contributed by atoms with E-state index in [9.17, 15) is 13.6 Å². The number of ether oxygens (including phenoxy) is 2. The van der Waals surface area contributed by atoms with Gasteiger partial charge in [0.15, 0.2) is 17.6 Å². The number of carbonyl (C=O) groups excluding carboxylic acids is 1. The van der Waals surface area contributed by atoms with E-state index < -0.39 is 17.7 Å². The molecule has 1 amide bonds. The van der Waals surface area contributed by atoms with Gasteiger partial charge in [0.05, 0.1) is 6.54 Å². The molecule has 1 atom stereocenters. The normalized spacial score (nSPS) is 11.8. The molecule has 8 nitrogen and oxygen atoms in total. The van der Waals surface area contributed by atoms with Crippen molar-refractivity contribution in [2.24, 2.45) is 0 Å². The second kappa shape index (κ2) is 9.38. The predicted octanol–water partition coefficient (Wildman–Crippen LogP) is 3.03. The van der Waals surface area contributed by atoms with Crippen LogP contribution < -0.4 is 14.8 Å². The lowest BCUT2D eigenvalue weighted by Gasteiger charge is -2.15. The summed E-state index contributed by atoms with van der Waals surface area (Å²) in [6, 6.07) is 14.8. The van der Waals surface area contributed by atoms with Crippen LogP contribution in [0.15, 0.2) is 60.7 Å². The molecule has 2 aromatic heterocycles. The molecule has 0 fully saturated rings. The maximum Gasteiger partial charge on any atom is 0.260 e. The van der Waals surface area contributed by atoms with Crippen molar-refractivity contribution in [3.8, 4) is 23.0 Å². The number of carbonyl (C=O) groups is 1. The number of amides is 1. The van der Waals surface area contributed by atoms with E-state index in [0.29, 0.717) is 17.0 Å². The second-order valence-electron chi connectivity index (χ2n) is 6.83. The third kappa shape index (κ3) is 4.97. The van der Waals surface area contributed by atoms with E-state index in [2.05, 4.69) is 20.6 Å². The van der Waals surface area contributed by atoms with Crippen LogP contribution in [0.1, 0.15) is 6.92 Å². The summed E-state index contributed by atoms with van der Waals surface area (Å²) in [5, 5.41) is 15.1. The van der Waals surface area contributed by atoms with Crippen molar-refractivity contribution in [1.82, 2.24) is 25.1 Å². The van der Waals surface area contributed by atoms with Gasteiger partial charge in [-0.05, 0) is 37.3 Å². The Balaban J connectivity index is 1.32. The Morgan fingerprint density at radius 2 is 1.84 bits per heavy atom. The number of hydrogen-bond donors (Lipinski definition) is 1. The standard InChI is InChI=1S/C22H19F2N5O3/c1-14(32-18-7-3-6-17(24)13-18)22(30)25-10-11-31-20-9-8-19-26-27-21(29(19)28-20)15-4-2-5-16(23)12-15/h2-9,12-14H,10-11H2,1H3,(H,25,30). The lowest BCUT2D eigenvalue weighted by molar-refractivity contribution is -0.127. The number of halogens is 2. The fourth-order valence-electron chi connectivity index (χ4n) is 2.93. The average molecular weight is 439 g/mol. The van der Waals surface area contributed by atoms with Gasteiger partial charge in [-0.2, -0.15) is 4.52 Å². The van der Waals surface area contributed by atoms with E-state index in [1.165, 1.54) is 34.8 Å². The molecule has 0 aliphatic heterocycles. The molecule has 0 saturated carbocycles. The van der Waals surface area contributed by atoms with Crippen molar-refractivity contribution in [2.45, 2.75) is 13.0 Å². The Labute approximate surface area is 181 Å². The largest absolute Gasteiger partial charge is 0.481 e. The van der Waals surface area contributed by atoms with Gasteiger partial charge in [0.1, 0.15) is 24.0 Å². The summed E-state index contributed by atoms with van der Waals surface area (Å²) in [6.07, 6.45) is -0.808. The average Bonchev–Trinajstić information content (AvgIpc) is 3.20. The molecule has 1 N–H and O–H groups in total. The first-order valence-corrected chi connectivity index (χ1v) is 9.81. The van der Waals surface area contributed by atoms with Gasteiger partial charge in [0.2, 0.25) is 5.88 Å². The third-order valence-corrected chi connectivity index (χ3v) is 4.45. The Kier molecular flexibility index (Phi) is 6.20. The highest BCUT2D eigenvalue weighted by Crippen LogP contribution is 2.20. The zero-order valence-electron chi connectivity index (χ0n) is 17.0. The van der Waals surface area contributed by atoms with Crippen molar-refractivity contribution >= 4 is 11.6 Å². The van der Waals surface area contributed by atoms with Crippen LogP contribution in [0.3, 0.4) is 0 Å². The smallest absolute Gasteiger partial charge is 0.260 e. The summed E-state index contributed by atoms with van der Waals surface area (Å²) in [5.41, 5.74) is 1.01. The van der Waals surface area contributed by atoms with Gasteiger partial charge in [-0.15, -0.1) is 15.3 Å². The van der Waals surface area contributed by atoms with Crippen LogP contribution in [-0.4, -0.2) is 45.0 Å². The van der Waals surface area contributed by atoms with Crippen LogP contribution >= 0.6 is 0 Å². The molecule has 0 radical (unpaired) electrons. The van der Waals surface area contributed by atoms with Crippen molar-refractivity contribution in [3.05, 3.63) is 72.3 Å². The van der Waals surface area contributed by atoms with Crippen LogP contribution in [0.5, 0.6) is 11.6 Å². The highest BCUT2D eigenvalue weighted by Gasteiger charge is 2.15. The van der Waals surface area contributed by atoms with Crippen molar-refractivity contribution in [2.75, 3.05) is 13.2 Å². The zero-order chi connectivity index (χ0) is 22.5. The summed E-state index contributed by atoms with van der Waals surface area (Å²) >= 11 is 0. The van der Waals surface area contributed by atoms with Crippen LogP contribution in [0.4, 0.5) is 8.78 Å². The van der Waals surface area contributed by atoms with E-state index in [4.69, 9.17) is 9.47 Å². The molecule has 2 aromatic carbocycles. The maximum absolute atomic E-state index is 13.5. The van der Waals surface area contributed by atoms with E-state index >= 15 is 0 Å². The first-order chi connectivity index (χ1) is 15.5. The van der Waals surface area contributed by atoms with Gasteiger partial charge < -0.3 is 14.8 Å². The van der Waals surface area contributed by atoms with Crippen molar-refractivity contribution in [3.63, 3.8) is 0 Å². The van der Waals surface area contributed by atoms with Crippen LogP contribution in [0, 0.1) is 11.6 Å². The van der Waals surface area contributed by atoms with Crippen molar-refractivity contribution < 1.29 is 23.0 Å². The number of aromatic nitrogens is 4. The van der Waals surface area contributed by atoms with Gasteiger partial charge >= 0.3 is 0 Å². The number of rotatable bonds is 8. The quantitative estimate of drug-likeness (QED) is 0.425. The van der Waals surface area contributed by atoms with E-state index in [1.54, 1.807) is 37.3 Å². The Bertz CT molecular complexity index is 1250. The SMILES string of the molecule is CC(Oc1cccc(F)c1)C(=O)NCCOc1ccc2nnc(-c3cccc(F)c3)n2n1.